The molecule has 6 heteroatoms. The molecule has 0 aromatic heterocycles. The molecule has 0 amide bonds. The quantitative estimate of drug-likeness (QED) is 0.451. The Bertz CT molecular complexity index is 174. The van der Waals surface area contributed by atoms with Crippen LogP contribution in [0.3, 0.4) is 0 Å². The second kappa shape index (κ2) is 17.0. The summed E-state index contributed by atoms with van der Waals surface area (Å²) >= 11 is 0. The lowest BCUT2D eigenvalue weighted by Crippen LogP contribution is -2.09. The van der Waals surface area contributed by atoms with Gasteiger partial charge in [-0.3, -0.25) is 0 Å². The van der Waals surface area contributed by atoms with Gasteiger partial charge in [0.2, 0.25) is 0 Å². The van der Waals surface area contributed by atoms with Crippen molar-refractivity contribution in [3.63, 3.8) is 0 Å². The molecular formula is C11H20O6. The number of carboxylic acid groups (broad SMARTS) is 2. The molecule has 0 spiro atoms. The van der Waals surface area contributed by atoms with Gasteiger partial charge in [0.15, 0.2) is 0 Å². The first-order valence-electron chi connectivity index (χ1n) is 5.02. The highest BCUT2D eigenvalue weighted by Crippen LogP contribution is 1.81. The molecule has 6 nitrogen and oxygen atoms in total. The predicted molar refractivity (Wildman–Crippen MR) is 63.5 cm³/mol. The van der Waals surface area contributed by atoms with Crippen LogP contribution in [-0.2, 0) is 14.2 Å². The molecule has 0 aliphatic carbocycles. The van der Waals surface area contributed by atoms with Crippen molar-refractivity contribution < 1.29 is 29.2 Å². The maximum Gasteiger partial charge on any atom is 0.503 e. The molecular weight excluding hydrogens is 228 g/mol. The lowest BCUT2D eigenvalue weighted by Gasteiger charge is -2.04. The van der Waals surface area contributed by atoms with E-state index in [9.17, 15) is 0 Å². The Morgan fingerprint density at radius 2 is 1.18 bits per heavy atom. The molecule has 100 valence electrons. The Labute approximate surface area is 101 Å². The van der Waals surface area contributed by atoms with Crippen LogP contribution in [0.4, 0.5) is 4.79 Å². The summed E-state index contributed by atoms with van der Waals surface area (Å²) in [4.78, 5) is 8.56. The molecule has 0 aromatic rings. The van der Waals surface area contributed by atoms with E-state index in [1.54, 1.807) is 12.2 Å². The van der Waals surface area contributed by atoms with Gasteiger partial charge in [0.25, 0.3) is 0 Å². The molecule has 0 atom stereocenters. The third-order valence-corrected chi connectivity index (χ3v) is 1.22. The van der Waals surface area contributed by atoms with Crippen molar-refractivity contribution in [2.45, 2.75) is 0 Å². The molecule has 0 fully saturated rings. The Hall–Kier alpha value is -1.37. The topological polar surface area (TPSA) is 85.2 Å². The maximum atomic E-state index is 8.56. The molecule has 0 heterocycles. The Morgan fingerprint density at radius 3 is 1.47 bits per heavy atom. The number of rotatable bonds is 10. The summed E-state index contributed by atoms with van der Waals surface area (Å²) in [6.45, 7) is 10.6. The van der Waals surface area contributed by atoms with Crippen molar-refractivity contribution >= 4 is 6.16 Å². The summed E-state index contributed by atoms with van der Waals surface area (Å²) in [5, 5.41) is 13.9. The smallest absolute Gasteiger partial charge is 0.450 e. The summed E-state index contributed by atoms with van der Waals surface area (Å²) < 4.78 is 15.4. The van der Waals surface area contributed by atoms with Gasteiger partial charge >= 0.3 is 6.16 Å². The van der Waals surface area contributed by atoms with E-state index in [1.807, 2.05) is 0 Å². The molecule has 0 unspecified atom stereocenters. The Balaban J connectivity index is 0. The zero-order valence-corrected chi connectivity index (χ0v) is 9.84. The van der Waals surface area contributed by atoms with E-state index < -0.39 is 6.16 Å². The summed E-state index contributed by atoms with van der Waals surface area (Å²) in [6, 6.07) is 0. The maximum absolute atomic E-state index is 8.56. The first kappa shape index (κ1) is 18.0. The molecule has 0 radical (unpaired) electrons. The normalized spacial score (nSPS) is 8.94. The minimum absolute atomic E-state index is 0.580. The molecule has 0 saturated carbocycles. The molecule has 0 aromatic carbocycles. The molecule has 0 aliphatic rings. The molecule has 0 rings (SSSR count). The molecule has 0 saturated heterocycles. The van der Waals surface area contributed by atoms with E-state index in [-0.39, 0.29) is 0 Å². The monoisotopic (exact) mass is 248 g/mol. The van der Waals surface area contributed by atoms with Crippen molar-refractivity contribution in [2.24, 2.45) is 0 Å². The van der Waals surface area contributed by atoms with Crippen molar-refractivity contribution in [1.29, 1.82) is 0 Å². The van der Waals surface area contributed by atoms with E-state index in [2.05, 4.69) is 13.2 Å². The van der Waals surface area contributed by atoms with E-state index in [4.69, 9.17) is 29.2 Å². The summed E-state index contributed by atoms with van der Waals surface area (Å²) in [6.07, 6.45) is 1.60. The third kappa shape index (κ3) is 31.3. The highest BCUT2D eigenvalue weighted by Gasteiger charge is 1.88. The molecule has 2 N–H and O–H groups in total. The van der Waals surface area contributed by atoms with Gasteiger partial charge in [-0.2, -0.15) is 0 Å². The highest BCUT2D eigenvalue weighted by molar-refractivity contribution is 5.53. The number of ether oxygens (including phenoxy) is 3. The number of carbonyl (C=O) groups is 1. The lowest BCUT2D eigenvalue weighted by atomic mass is 10.6. The van der Waals surface area contributed by atoms with E-state index in [1.165, 1.54) is 0 Å². The number of hydrogen-bond acceptors (Lipinski definition) is 4. The van der Waals surface area contributed by atoms with Crippen LogP contribution < -0.4 is 0 Å². The van der Waals surface area contributed by atoms with E-state index in [0.29, 0.717) is 39.6 Å². The average molecular weight is 248 g/mol. The van der Waals surface area contributed by atoms with Gasteiger partial charge in [-0.05, 0) is 0 Å². The first-order chi connectivity index (χ1) is 8.15. The average Bonchev–Trinajstić information content (AvgIpc) is 2.26. The van der Waals surface area contributed by atoms with Crippen LogP contribution in [0.1, 0.15) is 0 Å². The minimum Gasteiger partial charge on any atom is -0.450 e. The second-order valence-electron chi connectivity index (χ2n) is 2.62. The zero-order chi connectivity index (χ0) is 13.4. The summed E-state index contributed by atoms with van der Waals surface area (Å²) in [5.41, 5.74) is 0. The van der Waals surface area contributed by atoms with Crippen LogP contribution >= 0.6 is 0 Å². The van der Waals surface area contributed by atoms with Crippen LogP contribution in [0, 0.1) is 0 Å². The Kier molecular flexibility index (Phi) is 18.0. The Morgan fingerprint density at radius 1 is 0.882 bits per heavy atom. The van der Waals surface area contributed by atoms with Gasteiger partial charge < -0.3 is 24.4 Å². The van der Waals surface area contributed by atoms with Crippen molar-refractivity contribution in [2.75, 3.05) is 39.6 Å². The van der Waals surface area contributed by atoms with Crippen molar-refractivity contribution in [3.05, 3.63) is 25.3 Å². The summed E-state index contributed by atoms with van der Waals surface area (Å²) in [7, 11) is 0. The van der Waals surface area contributed by atoms with Gasteiger partial charge in [0.1, 0.15) is 0 Å². The SMILES string of the molecule is C=CCOCCOCCOCC=C.O=C(O)O. The predicted octanol–water partition coefficient (Wildman–Crippen LogP) is 1.63. The zero-order valence-electron chi connectivity index (χ0n) is 9.84. The van der Waals surface area contributed by atoms with Gasteiger partial charge in [-0.15, -0.1) is 13.2 Å². The molecule has 17 heavy (non-hydrogen) atoms. The van der Waals surface area contributed by atoms with Gasteiger partial charge in [-0.25, -0.2) is 4.79 Å². The lowest BCUT2D eigenvalue weighted by molar-refractivity contribution is 0.0253. The van der Waals surface area contributed by atoms with Crippen LogP contribution in [0.25, 0.3) is 0 Å². The minimum atomic E-state index is -1.83. The third-order valence-electron chi connectivity index (χ3n) is 1.22. The molecule has 0 bridgehead atoms. The fourth-order valence-corrected chi connectivity index (χ4v) is 0.671. The van der Waals surface area contributed by atoms with Crippen molar-refractivity contribution in [3.8, 4) is 0 Å². The highest BCUT2D eigenvalue weighted by atomic mass is 16.6. The van der Waals surface area contributed by atoms with Crippen LogP contribution in [0.5, 0.6) is 0 Å². The fourth-order valence-electron chi connectivity index (χ4n) is 0.671. The van der Waals surface area contributed by atoms with E-state index >= 15 is 0 Å². The van der Waals surface area contributed by atoms with Gasteiger partial charge in [-0.1, -0.05) is 12.2 Å². The largest absolute Gasteiger partial charge is 0.503 e. The van der Waals surface area contributed by atoms with Gasteiger partial charge in [0, 0.05) is 0 Å². The summed E-state index contributed by atoms with van der Waals surface area (Å²) in [5.74, 6) is 0. The first-order valence-corrected chi connectivity index (χ1v) is 5.02. The molecule has 0 aliphatic heterocycles. The van der Waals surface area contributed by atoms with Gasteiger partial charge in [0.05, 0.1) is 39.6 Å². The standard InChI is InChI=1S/C10H18O3.CH2O3/c1-3-5-11-7-9-13-10-8-12-6-4-2;2-1(3)4/h3-4H,1-2,5-10H2;(H2,2,3,4). The van der Waals surface area contributed by atoms with Crippen LogP contribution in [0.15, 0.2) is 25.3 Å². The van der Waals surface area contributed by atoms with Crippen LogP contribution in [-0.4, -0.2) is 56.0 Å². The second-order valence-corrected chi connectivity index (χ2v) is 2.62. The van der Waals surface area contributed by atoms with Crippen LogP contribution in [0.2, 0.25) is 0 Å². The van der Waals surface area contributed by atoms with Crippen molar-refractivity contribution in [1.82, 2.24) is 0 Å². The van der Waals surface area contributed by atoms with E-state index in [0.717, 1.165) is 0 Å². The number of hydrogen-bond donors (Lipinski definition) is 2. The fraction of sp³-hybridized carbons (Fsp3) is 0.545.